The molecule has 3 fully saturated rings. The van der Waals surface area contributed by atoms with Crippen molar-refractivity contribution in [1.29, 1.82) is 0 Å². The van der Waals surface area contributed by atoms with Gasteiger partial charge in [-0.2, -0.15) is 0 Å². The van der Waals surface area contributed by atoms with Crippen LogP contribution in [0.15, 0.2) is 24.3 Å². The van der Waals surface area contributed by atoms with Crippen LogP contribution in [0.25, 0.3) is 11.3 Å². The van der Waals surface area contributed by atoms with Crippen molar-refractivity contribution >= 4 is 5.82 Å². The summed E-state index contributed by atoms with van der Waals surface area (Å²) >= 11 is 0. The summed E-state index contributed by atoms with van der Waals surface area (Å²) in [5.74, 6) is 2.01. The van der Waals surface area contributed by atoms with E-state index in [1.807, 2.05) is 13.0 Å². The molecule has 3 heterocycles. The van der Waals surface area contributed by atoms with Gasteiger partial charge in [0, 0.05) is 44.5 Å². The Morgan fingerprint density at radius 3 is 2.52 bits per heavy atom. The van der Waals surface area contributed by atoms with Crippen LogP contribution in [0, 0.1) is 36.3 Å². The van der Waals surface area contributed by atoms with E-state index in [0.29, 0.717) is 17.6 Å². The topological polar surface area (TPSA) is 50.3 Å². The van der Waals surface area contributed by atoms with Crippen LogP contribution in [0.4, 0.5) is 14.6 Å². The molecule has 0 unspecified atom stereocenters. The predicted molar refractivity (Wildman–Crippen MR) is 116 cm³/mol. The van der Waals surface area contributed by atoms with Crippen molar-refractivity contribution in [3.63, 3.8) is 0 Å². The van der Waals surface area contributed by atoms with Crippen LogP contribution >= 0.6 is 0 Å². The van der Waals surface area contributed by atoms with Crippen LogP contribution in [-0.2, 0) is 4.74 Å². The van der Waals surface area contributed by atoms with E-state index in [-0.39, 0.29) is 5.56 Å². The zero-order valence-electron chi connectivity index (χ0n) is 18.0. The van der Waals surface area contributed by atoms with Crippen LogP contribution in [0.5, 0.6) is 0 Å². The largest absolute Gasteiger partial charge is 0.381 e. The second-order valence-electron chi connectivity index (χ2n) is 9.49. The molecule has 0 spiro atoms. The number of rotatable bonds is 5. The van der Waals surface area contributed by atoms with Gasteiger partial charge >= 0.3 is 0 Å². The van der Waals surface area contributed by atoms with Crippen LogP contribution in [-0.4, -0.2) is 54.0 Å². The molecule has 1 saturated carbocycles. The zero-order chi connectivity index (χ0) is 21.4. The van der Waals surface area contributed by atoms with E-state index in [0.717, 1.165) is 61.5 Å². The first-order chi connectivity index (χ1) is 15.0. The van der Waals surface area contributed by atoms with Gasteiger partial charge in [0.05, 0.1) is 5.69 Å². The number of nitrogens with one attached hydrogen (secondary N) is 1. The fourth-order valence-electron chi connectivity index (χ4n) is 5.67. The lowest BCUT2D eigenvalue weighted by molar-refractivity contribution is 0.0545. The van der Waals surface area contributed by atoms with Gasteiger partial charge < -0.3 is 15.0 Å². The molecule has 2 aliphatic heterocycles. The SMILES string of the molecule is Cc1cc(N[C@@H]2C[C@@H]3CN(CC4CCOCC4)C[C@@H]3C2)nnc1-c1cc(F)ccc1F. The van der Waals surface area contributed by atoms with Crippen LogP contribution in [0.2, 0.25) is 0 Å². The fourth-order valence-corrected chi connectivity index (χ4v) is 5.67. The summed E-state index contributed by atoms with van der Waals surface area (Å²) in [5.41, 5.74) is 1.31. The van der Waals surface area contributed by atoms with Crippen LogP contribution < -0.4 is 5.32 Å². The molecule has 1 aromatic carbocycles. The molecule has 166 valence electrons. The van der Waals surface area contributed by atoms with Crippen molar-refractivity contribution < 1.29 is 13.5 Å². The van der Waals surface area contributed by atoms with Crippen molar-refractivity contribution in [3.05, 3.63) is 41.5 Å². The number of hydrogen-bond acceptors (Lipinski definition) is 5. The van der Waals surface area contributed by atoms with Crippen LogP contribution in [0.3, 0.4) is 0 Å². The molecule has 31 heavy (non-hydrogen) atoms. The molecule has 0 amide bonds. The van der Waals surface area contributed by atoms with Crippen molar-refractivity contribution in [1.82, 2.24) is 15.1 Å². The van der Waals surface area contributed by atoms with Gasteiger partial charge in [-0.25, -0.2) is 8.78 Å². The summed E-state index contributed by atoms with van der Waals surface area (Å²) in [7, 11) is 0. The molecule has 1 aromatic heterocycles. The van der Waals surface area contributed by atoms with Gasteiger partial charge in [-0.1, -0.05) is 0 Å². The fraction of sp³-hybridized carbons (Fsp3) is 0.583. The molecule has 2 saturated heterocycles. The Morgan fingerprint density at radius 2 is 1.81 bits per heavy atom. The Morgan fingerprint density at radius 1 is 1.06 bits per heavy atom. The predicted octanol–water partition coefficient (Wildman–Crippen LogP) is 4.28. The molecule has 3 atom stereocenters. The third-order valence-corrected chi connectivity index (χ3v) is 7.20. The molecule has 5 nitrogen and oxygen atoms in total. The molecule has 0 radical (unpaired) electrons. The molecule has 1 N–H and O–H groups in total. The number of hydrogen-bond donors (Lipinski definition) is 1. The lowest BCUT2D eigenvalue weighted by Crippen LogP contribution is -2.32. The Labute approximate surface area is 182 Å². The van der Waals surface area contributed by atoms with E-state index < -0.39 is 11.6 Å². The molecule has 0 bridgehead atoms. The first-order valence-corrected chi connectivity index (χ1v) is 11.4. The minimum Gasteiger partial charge on any atom is -0.381 e. The van der Waals surface area contributed by atoms with Gasteiger partial charge in [0.15, 0.2) is 0 Å². The number of ether oxygens (including phenoxy) is 1. The third-order valence-electron chi connectivity index (χ3n) is 7.20. The van der Waals surface area contributed by atoms with Crippen molar-refractivity contribution in [2.75, 3.05) is 38.2 Å². The standard InChI is InChI=1S/C24H30F2N4O/c1-15-8-23(28-29-24(15)21-11-19(25)2-3-22(21)26)27-20-9-17-13-30(14-18(17)10-20)12-16-4-6-31-7-5-16/h2-3,8,11,16-18,20H,4-7,9-10,12-14H2,1H3,(H,27,28)/t17-,18+,20-. The van der Waals surface area contributed by atoms with E-state index in [4.69, 9.17) is 4.74 Å². The summed E-state index contributed by atoms with van der Waals surface area (Å²) < 4.78 is 33.2. The maximum atomic E-state index is 14.1. The highest BCUT2D eigenvalue weighted by Crippen LogP contribution is 2.40. The van der Waals surface area contributed by atoms with Gasteiger partial charge in [0.1, 0.15) is 17.5 Å². The normalized spacial score (nSPS) is 26.9. The number of halogens is 2. The number of aryl methyl sites for hydroxylation is 1. The minimum atomic E-state index is -0.492. The van der Waals surface area contributed by atoms with Crippen molar-refractivity contribution in [3.8, 4) is 11.3 Å². The second kappa shape index (κ2) is 8.79. The second-order valence-corrected chi connectivity index (χ2v) is 9.49. The summed E-state index contributed by atoms with van der Waals surface area (Å²) in [5, 5.41) is 12.0. The van der Waals surface area contributed by atoms with E-state index in [9.17, 15) is 8.78 Å². The highest BCUT2D eigenvalue weighted by atomic mass is 19.1. The molecule has 1 aliphatic carbocycles. The van der Waals surface area contributed by atoms with E-state index in [1.165, 1.54) is 38.5 Å². The highest BCUT2D eigenvalue weighted by Gasteiger charge is 2.41. The molecule has 2 aromatic rings. The number of nitrogens with zero attached hydrogens (tertiary/aromatic N) is 3. The van der Waals surface area contributed by atoms with Gasteiger partial charge in [-0.05, 0) is 80.2 Å². The Bertz CT molecular complexity index is 920. The Hall–Kier alpha value is -2.12. The molecular weight excluding hydrogens is 398 g/mol. The first kappa shape index (κ1) is 20.8. The summed E-state index contributed by atoms with van der Waals surface area (Å²) in [6, 6.07) is 5.69. The van der Waals surface area contributed by atoms with Crippen LogP contribution in [0.1, 0.15) is 31.2 Å². The maximum Gasteiger partial charge on any atom is 0.149 e. The van der Waals surface area contributed by atoms with Gasteiger partial charge in [-0.3, -0.25) is 0 Å². The van der Waals surface area contributed by atoms with E-state index >= 15 is 0 Å². The van der Waals surface area contributed by atoms with Crippen molar-refractivity contribution in [2.24, 2.45) is 17.8 Å². The average molecular weight is 429 g/mol. The van der Waals surface area contributed by atoms with E-state index in [1.54, 1.807) is 0 Å². The molecule has 3 aliphatic rings. The van der Waals surface area contributed by atoms with E-state index in [2.05, 4.69) is 20.4 Å². The number of likely N-dealkylation sites (tertiary alicyclic amines) is 1. The lowest BCUT2D eigenvalue weighted by Gasteiger charge is -2.27. The minimum absolute atomic E-state index is 0.150. The Kier molecular flexibility index (Phi) is 5.89. The Balaban J connectivity index is 1.18. The average Bonchev–Trinajstić information content (AvgIpc) is 3.29. The monoisotopic (exact) mass is 428 g/mol. The van der Waals surface area contributed by atoms with Gasteiger partial charge in [0.2, 0.25) is 0 Å². The highest BCUT2D eigenvalue weighted by molar-refractivity contribution is 5.64. The van der Waals surface area contributed by atoms with Gasteiger partial charge in [-0.15, -0.1) is 10.2 Å². The number of benzene rings is 1. The molecule has 5 rings (SSSR count). The smallest absolute Gasteiger partial charge is 0.149 e. The summed E-state index contributed by atoms with van der Waals surface area (Å²) in [6.07, 6.45) is 4.69. The first-order valence-electron chi connectivity index (χ1n) is 11.4. The maximum absolute atomic E-state index is 14.1. The van der Waals surface area contributed by atoms with Crippen molar-refractivity contribution in [2.45, 2.75) is 38.6 Å². The zero-order valence-corrected chi connectivity index (χ0v) is 18.0. The third kappa shape index (κ3) is 4.58. The summed E-state index contributed by atoms with van der Waals surface area (Å²) in [6.45, 7) is 7.31. The number of aromatic nitrogens is 2. The number of fused-ring (bicyclic) bond motifs is 1. The lowest BCUT2D eigenvalue weighted by atomic mass is 10.00. The summed E-state index contributed by atoms with van der Waals surface area (Å²) in [4.78, 5) is 2.66. The molecular formula is C24H30F2N4O. The number of anilines is 1. The van der Waals surface area contributed by atoms with Gasteiger partial charge in [0.25, 0.3) is 0 Å². The quantitative estimate of drug-likeness (QED) is 0.770. The molecule has 7 heteroatoms.